The summed E-state index contributed by atoms with van der Waals surface area (Å²) in [7, 11) is -4.01. The first kappa shape index (κ1) is 21.2. The molecule has 1 saturated heterocycles. The number of rotatable bonds is 5. The van der Waals surface area contributed by atoms with E-state index < -0.39 is 33.3 Å². The molecule has 2 aromatic rings. The van der Waals surface area contributed by atoms with Crippen LogP contribution in [0.15, 0.2) is 56.7 Å². The monoisotopic (exact) mass is 486 g/mol. The highest BCUT2D eigenvalue weighted by molar-refractivity contribution is 9.10. The molecule has 1 fully saturated rings. The van der Waals surface area contributed by atoms with Crippen LogP contribution in [0.1, 0.15) is 5.56 Å². The first-order valence-corrected chi connectivity index (χ1v) is 11.3. The lowest BCUT2D eigenvalue weighted by molar-refractivity contribution is 0.00319. The van der Waals surface area contributed by atoms with Gasteiger partial charge in [-0.15, -0.1) is 11.8 Å². The van der Waals surface area contributed by atoms with E-state index in [0.29, 0.717) is 5.56 Å². The maximum Gasteiger partial charge on any atom is 0.244 e. The summed E-state index contributed by atoms with van der Waals surface area (Å²) in [5.74, 6) is -0.576. The molecule has 0 saturated carbocycles. The summed E-state index contributed by atoms with van der Waals surface area (Å²) >= 11 is 4.30. The van der Waals surface area contributed by atoms with Crippen molar-refractivity contribution in [3.05, 3.63) is 58.3 Å². The van der Waals surface area contributed by atoms with E-state index in [4.69, 9.17) is 5.26 Å². The quantitative estimate of drug-likeness (QED) is 0.672. The zero-order valence-corrected chi connectivity index (χ0v) is 17.6. The van der Waals surface area contributed by atoms with Crippen LogP contribution in [0.5, 0.6) is 0 Å². The lowest BCUT2D eigenvalue weighted by atomic mass is 10.1. The molecule has 6 nitrogen and oxygen atoms in total. The number of hydrogen-bond acceptors (Lipinski definition) is 6. The van der Waals surface area contributed by atoms with E-state index in [9.17, 15) is 23.0 Å². The van der Waals surface area contributed by atoms with Gasteiger partial charge in [-0.3, -0.25) is 0 Å². The maximum absolute atomic E-state index is 13.3. The normalized spacial score (nSPS) is 22.9. The van der Waals surface area contributed by atoms with Gasteiger partial charge in [-0.1, -0.05) is 0 Å². The minimum Gasteiger partial charge on any atom is -0.393 e. The van der Waals surface area contributed by atoms with E-state index in [1.807, 2.05) is 6.07 Å². The zero-order valence-electron chi connectivity index (χ0n) is 14.4. The molecule has 3 rings (SSSR count). The maximum atomic E-state index is 13.3. The summed E-state index contributed by atoms with van der Waals surface area (Å²) in [6, 6.07) is 11.9. The topological polar surface area (TPSA) is 102 Å². The van der Waals surface area contributed by atoms with Crippen molar-refractivity contribution in [2.75, 3.05) is 19.7 Å². The van der Waals surface area contributed by atoms with Gasteiger partial charge in [0.05, 0.1) is 28.4 Å². The van der Waals surface area contributed by atoms with E-state index in [1.54, 1.807) is 24.3 Å². The molecule has 10 heteroatoms. The molecular formula is C18H16BrFN2O4S2. The van der Waals surface area contributed by atoms with E-state index in [-0.39, 0.29) is 22.5 Å². The number of halogens is 2. The molecule has 1 heterocycles. The van der Waals surface area contributed by atoms with Crippen LogP contribution in [0.3, 0.4) is 0 Å². The number of benzene rings is 2. The molecule has 0 aliphatic carbocycles. The Kier molecular flexibility index (Phi) is 6.14. The number of aliphatic hydroxyl groups is 2. The minimum absolute atomic E-state index is 0.0339. The van der Waals surface area contributed by atoms with Gasteiger partial charge in [0.25, 0.3) is 0 Å². The third kappa shape index (κ3) is 4.10. The summed E-state index contributed by atoms with van der Waals surface area (Å²) in [4.78, 5) is 0.622. The van der Waals surface area contributed by atoms with Crippen LogP contribution in [0.2, 0.25) is 0 Å². The average molecular weight is 487 g/mol. The van der Waals surface area contributed by atoms with Crippen LogP contribution in [-0.4, -0.2) is 53.5 Å². The highest BCUT2D eigenvalue weighted by Crippen LogP contribution is 2.39. The van der Waals surface area contributed by atoms with Gasteiger partial charge in [0, 0.05) is 22.5 Å². The highest BCUT2D eigenvalue weighted by Gasteiger charge is 2.49. The first-order valence-electron chi connectivity index (χ1n) is 8.15. The Labute approximate surface area is 174 Å². The Morgan fingerprint density at radius 1 is 1.32 bits per heavy atom. The van der Waals surface area contributed by atoms with E-state index in [0.717, 1.165) is 27.4 Å². The Hall–Kier alpha value is -1.48. The van der Waals surface area contributed by atoms with E-state index in [2.05, 4.69) is 15.9 Å². The Balaban J connectivity index is 1.87. The summed E-state index contributed by atoms with van der Waals surface area (Å²) in [6.45, 7) is -0.935. The second kappa shape index (κ2) is 8.10. The number of nitrogens with zero attached hydrogens (tertiary/aromatic N) is 2. The molecule has 0 spiro atoms. The highest BCUT2D eigenvalue weighted by atomic mass is 79.9. The van der Waals surface area contributed by atoms with Crippen LogP contribution < -0.4 is 0 Å². The Bertz CT molecular complexity index is 1030. The van der Waals surface area contributed by atoms with Crippen LogP contribution in [0, 0.1) is 17.1 Å². The summed E-state index contributed by atoms with van der Waals surface area (Å²) in [5, 5.41) is 28.8. The van der Waals surface area contributed by atoms with Crippen LogP contribution >= 0.6 is 27.7 Å². The average Bonchev–Trinajstić information content (AvgIpc) is 3.00. The second-order valence-electron chi connectivity index (χ2n) is 6.38. The number of β-amino-alcohol motifs (C(OH)–C–C–N with tert-alkyl or cyclic N) is 1. The van der Waals surface area contributed by atoms with Crippen molar-refractivity contribution in [2.45, 2.75) is 20.6 Å². The van der Waals surface area contributed by atoms with Gasteiger partial charge in [-0.05, 0) is 58.4 Å². The van der Waals surface area contributed by atoms with Crippen LogP contribution in [0.4, 0.5) is 4.39 Å². The first-order chi connectivity index (χ1) is 13.2. The summed E-state index contributed by atoms with van der Waals surface area (Å²) in [6.07, 6.45) is 0. The molecular weight excluding hydrogens is 471 g/mol. The van der Waals surface area contributed by atoms with Crippen LogP contribution in [-0.2, 0) is 10.0 Å². The van der Waals surface area contributed by atoms with Gasteiger partial charge in [-0.2, -0.15) is 9.57 Å². The van der Waals surface area contributed by atoms with Gasteiger partial charge in [0.15, 0.2) is 0 Å². The second-order valence-corrected chi connectivity index (χ2v) is 10.4. The summed E-state index contributed by atoms with van der Waals surface area (Å²) < 4.78 is 40.5. The molecule has 0 aromatic heterocycles. The molecule has 0 amide bonds. The molecule has 28 heavy (non-hydrogen) atoms. The van der Waals surface area contributed by atoms with Crippen molar-refractivity contribution in [1.82, 2.24) is 4.31 Å². The SMILES string of the molecule is N#Cc1ccc(S[C@H]2CN(S(=O)(=O)c3ccc(F)cc3Br)CC2(O)CO)cc1. The summed E-state index contributed by atoms with van der Waals surface area (Å²) in [5.41, 5.74) is -1.16. The fraction of sp³-hybridized carbons (Fsp3) is 0.278. The minimum atomic E-state index is -4.01. The predicted octanol–water partition coefficient (Wildman–Crippen LogP) is 2.35. The molecule has 0 bridgehead atoms. The number of thioether (sulfide) groups is 1. The number of aliphatic hydroxyl groups excluding tert-OH is 1. The smallest absolute Gasteiger partial charge is 0.244 e. The third-order valence-corrected chi connectivity index (χ3v) is 8.67. The van der Waals surface area contributed by atoms with Gasteiger partial charge in [-0.25, -0.2) is 12.8 Å². The predicted molar refractivity (Wildman–Crippen MR) is 106 cm³/mol. The fourth-order valence-electron chi connectivity index (χ4n) is 2.90. The molecule has 2 N–H and O–H groups in total. The number of sulfonamides is 1. The Morgan fingerprint density at radius 3 is 2.57 bits per heavy atom. The molecule has 1 unspecified atom stereocenters. The van der Waals surface area contributed by atoms with Crippen molar-refractivity contribution in [2.24, 2.45) is 0 Å². The van der Waals surface area contributed by atoms with Crippen molar-refractivity contribution in [1.29, 1.82) is 5.26 Å². The van der Waals surface area contributed by atoms with E-state index in [1.165, 1.54) is 11.8 Å². The Morgan fingerprint density at radius 2 is 2.00 bits per heavy atom. The largest absolute Gasteiger partial charge is 0.393 e. The molecule has 1 aliphatic rings. The van der Waals surface area contributed by atoms with E-state index >= 15 is 0 Å². The molecule has 1 aliphatic heterocycles. The molecule has 148 valence electrons. The standard InChI is InChI=1S/C18H16BrFN2O4S2/c19-15-7-13(20)3-6-16(15)28(25,26)22-9-17(18(24,10-22)11-23)27-14-4-1-12(8-21)2-5-14/h1-7,17,23-24H,9-11H2/t17-,18?/m0/s1. The lowest BCUT2D eigenvalue weighted by Crippen LogP contribution is -2.44. The molecule has 2 atom stereocenters. The molecule has 2 aromatic carbocycles. The van der Waals surface area contributed by atoms with Crippen LogP contribution in [0.25, 0.3) is 0 Å². The number of nitriles is 1. The zero-order chi connectivity index (χ0) is 20.5. The van der Waals surface area contributed by atoms with Crippen molar-refractivity contribution >= 4 is 37.7 Å². The van der Waals surface area contributed by atoms with Gasteiger partial charge >= 0.3 is 0 Å². The lowest BCUT2D eigenvalue weighted by Gasteiger charge is -2.26. The van der Waals surface area contributed by atoms with Crippen molar-refractivity contribution in [3.8, 4) is 6.07 Å². The van der Waals surface area contributed by atoms with Gasteiger partial charge in [0.2, 0.25) is 10.0 Å². The number of hydrogen-bond donors (Lipinski definition) is 2. The fourth-order valence-corrected chi connectivity index (χ4v) is 6.77. The van der Waals surface area contributed by atoms with Crippen molar-refractivity contribution < 1.29 is 23.0 Å². The van der Waals surface area contributed by atoms with Gasteiger partial charge < -0.3 is 10.2 Å². The van der Waals surface area contributed by atoms with Gasteiger partial charge in [0.1, 0.15) is 11.4 Å². The molecule has 0 radical (unpaired) electrons. The van der Waals surface area contributed by atoms with Crippen molar-refractivity contribution in [3.63, 3.8) is 0 Å². The third-order valence-electron chi connectivity index (χ3n) is 4.47.